The molecule has 2 N–H and O–H groups in total. The van der Waals surface area contributed by atoms with E-state index in [1.165, 1.54) is 0 Å². The molecule has 1 aliphatic carbocycles. The van der Waals surface area contributed by atoms with Crippen LogP contribution >= 0.6 is 0 Å². The number of esters is 1. The molecule has 1 aliphatic heterocycles. The predicted molar refractivity (Wildman–Crippen MR) is 159 cm³/mol. The maximum absolute atomic E-state index is 13.4. The lowest BCUT2D eigenvalue weighted by Crippen LogP contribution is -2.28. The highest BCUT2D eigenvalue weighted by atomic mass is 16.5. The Morgan fingerprint density at radius 1 is 0.927 bits per heavy atom. The average Bonchev–Trinajstić information content (AvgIpc) is 3.00. The Hall–Kier alpha value is -4.91. The van der Waals surface area contributed by atoms with Gasteiger partial charge in [0, 0.05) is 34.5 Å². The van der Waals surface area contributed by atoms with Crippen molar-refractivity contribution in [2.45, 2.75) is 32.2 Å². The first-order chi connectivity index (χ1) is 20.0. The molecule has 0 aromatic heterocycles. The number of hydrogen-bond donors (Lipinski definition) is 2. The van der Waals surface area contributed by atoms with Gasteiger partial charge in [-0.25, -0.2) is 4.79 Å². The molecule has 1 atom stereocenters. The molecular weight excluding hydrogens is 516 g/mol. The van der Waals surface area contributed by atoms with E-state index in [-0.39, 0.29) is 24.3 Å². The number of rotatable bonds is 7. The van der Waals surface area contributed by atoms with E-state index >= 15 is 0 Å². The number of para-hydroxylation sites is 1. The summed E-state index contributed by atoms with van der Waals surface area (Å²) in [7, 11) is 0. The molecule has 0 saturated heterocycles. The summed E-state index contributed by atoms with van der Waals surface area (Å²) in [5.74, 6) is -0.0775. The fourth-order valence-corrected chi connectivity index (χ4v) is 5.73. The van der Waals surface area contributed by atoms with Gasteiger partial charge >= 0.3 is 5.97 Å². The first kappa shape index (κ1) is 26.3. The third-order valence-electron chi connectivity index (χ3n) is 7.54. The minimum absolute atomic E-state index is 0.140. The minimum atomic E-state index is -0.410. The number of anilines is 2. The Kier molecular flexibility index (Phi) is 7.25. The summed E-state index contributed by atoms with van der Waals surface area (Å²) >= 11 is 0. The third kappa shape index (κ3) is 5.18. The molecule has 0 spiro atoms. The number of carbonyl (C=O) groups is 3. The van der Waals surface area contributed by atoms with Crippen molar-refractivity contribution in [2.24, 2.45) is 0 Å². The van der Waals surface area contributed by atoms with Crippen LogP contribution in [0.1, 0.15) is 53.7 Å². The van der Waals surface area contributed by atoms with E-state index in [0.717, 1.165) is 51.6 Å². The number of hydrogen-bond acceptors (Lipinski definition) is 6. The van der Waals surface area contributed by atoms with Crippen LogP contribution in [0.3, 0.4) is 0 Å². The van der Waals surface area contributed by atoms with Crippen molar-refractivity contribution < 1.29 is 23.9 Å². The summed E-state index contributed by atoms with van der Waals surface area (Å²) in [4.78, 5) is 38.0. The number of allylic oxidation sites excluding steroid dienone is 1. The molecule has 0 radical (unpaired) electrons. The molecule has 0 fully saturated rings. The van der Waals surface area contributed by atoms with Gasteiger partial charge in [-0.15, -0.1) is 0 Å². The van der Waals surface area contributed by atoms with Crippen LogP contribution < -0.4 is 15.4 Å². The Morgan fingerprint density at radius 3 is 2.54 bits per heavy atom. The van der Waals surface area contributed by atoms with Crippen LogP contribution in [-0.4, -0.2) is 30.9 Å². The maximum Gasteiger partial charge on any atom is 0.338 e. The number of ketones is 1. The molecule has 0 saturated carbocycles. The van der Waals surface area contributed by atoms with Crippen LogP contribution in [-0.2, 0) is 14.3 Å². The first-order valence-corrected chi connectivity index (χ1v) is 13.9. The van der Waals surface area contributed by atoms with E-state index in [0.29, 0.717) is 30.0 Å². The van der Waals surface area contributed by atoms with Crippen LogP contribution in [0.15, 0.2) is 90.5 Å². The number of nitrogens with one attached hydrogen (secondary N) is 2. The second kappa shape index (κ2) is 11.3. The Bertz CT molecular complexity index is 1690. The molecule has 7 nitrogen and oxygen atoms in total. The zero-order valence-electron chi connectivity index (χ0n) is 22.7. The van der Waals surface area contributed by atoms with Gasteiger partial charge in [0.1, 0.15) is 5.75 Å². The van der Waals surface area contributed by atoms with Gasteiger partial charge in [-0.3, -0.25) is 9.59 Å². The van der Waals surface area contributed by atoms with E-state index in [4.69, 9.17) is 9.47 Å². The summed E-state index contributed by atoms with van der Waals surface area (Å²) in [5, 5.41) is 8.70. The molecule has 6 rings (SSSR count). The number of ether oxygens (including phenoxy) is 2. The lowest BCUT2D eigenvalue weighted by molar-refractivity contribution is -0.118. The normalized spacial score (nSPS) is 15.9. The zero-order valence-corrected chi connectivity index (χ0v) is 22.7. The van der Waals surface area contributed by atoms with Crippen molar-refractivity contribution in [2.75, 3.05) is 23.8 Å². The second-order valence-corrected chi connectivity index (χ2v) is 10.1. The van der Waals surface area contributed by atoms with Gasteiger partial charge < -0.3 is 20.1 Å². The quantitative estimate of drug-likeness (QED) is 0.250. The van der Waals surface area contributed by atoms with E-state index in [9.17, 15) is 14.4 Å². The summed E-state index contributed by atoms with van der Waals surface area (Å²) in [6, 6.07) is 26.1. The Balaban J connectivity index is 1.25. The molecule has 0 bridgehead atoms. The van der Waals surface area contributed by atoms with E-state index in [2.05, 4.69) is 34.9 Å². The molecule has 4 aromatic rings. The maximum atomic E-state index is 13.4. The first-order valence-electron chi connectivity index (χ1n) is 13.9. The molecule has 1 heterocycles. The van der Waals surface area contributed by atoms with Gasteiger partial charge in [0.05, 0.1) is 18.2 Å². The molecule has 7 heteroatoms. The summed E-state index contributed by atoms with van der Waals surface area (Å²) in [5.41, 5.74) is 5.73. The smallest absolute Gasteiger partial charge is 0.338 e. The van der Waals surface area contributed by atoms with Crippen LogP contribution in [0.4, 0.5) is 11.4 Å². The largest absolute Gasteiger partial charge is 0.483 e. The van der Waals surface area contributed by atoms with E-state index < -0.39 is 5.97 Å². The lowest BCUT2D eigenvalue weighted by Gasteiger charge is -2.35. The SMILES string of the molecule is CCOC(=O)c1ccc(NC(=O)COc2ccccc2[C@H]2Nc3ccc4ccccc4c3C3=C2C(=O)CCC3)cc1. The highest BCUT2D eigenvalue weighted by molar-refractivity contribution is 6.12. The Labute approximate surface area is 238 Å². The summed E-state index contributed by atoms with van der Waals surface area (Å²) < 4.78 is 11.0. The number of fused-ring (bicyclic) bond motifs is 4. The lowest BCUT2D eigenvalue weighted by atomic mass is 9.76. The van der Waals surface area contributed by atoms with Crippen LogP contribution in [0.25, 0.3) is 16.3 Å². The second-order valence-electron chi connectivity index (χ2n) is 10.1. The van der Waals surface area contributed by atoms with Gasteiger partial charge in [-0.1, -0.05) is 48.5 Å². The van der Waals surface area contributed by atoms with Crippen LogP contribution in [0.5, 0.6) is 5.75 Å². The molecule has 206 valence electrons. The number of carbonyl (C=O) groups excluding carboxylic acids is 3. The summed E-state index contributed by atoms with van der Waals surface area (Å²) in [6.07, 6.45) is 2.17. The van der Waals surface area contributed by atoms with Crippen molar-refractivity contribution in [1.82, 2.24) is 0 Å². The topological polar surface area (TPSA) is 93.7 Å². The fraction of sp³-hybridized carbons (Fsp3) is 0.206. The molecule has 41 heavy (non-hydrogen) atoms. The highest BCUT2D eigenvalue weighted by Crippen LogP contribution is 2.49. The molecule has 2 aliphatic rings. The van der Waals surface area contributed by atoms with Gasteiger partial charge in [0.2, 0.25) is 0 Å². The van der Waals surface area contributed by atoms with Crippen molar-refractivity contribution in [3.8, 4) is 5.75 Å². The van der Waals surface area contributed by atoms with Crippen LogP contribution in [0.2, 0.25) is 0 Å². The molecular formula is C34H30N2O5. The van der Waals surface area contributed by atoms with Crippen molar-refractivity contribution in [3.63, 3.8) is 0 Å². The van der Waals surface area contributed by atoms with Gasteiger partial charge in [-0.05, 0) is 72.5 Å². The average molecular weight is 547 g/mol. The highest BCUT2D eigenvalue weighted by Gasteiger charge is 2.36. The van der Waals surface area contributed by atoms with E-state index in [1.807, 2.05) is 36.4 Å². The van der Waals surface area contributed by atoms with Gasteiger partial charge in [-0.2, -0.15) is 0 Å². The Morgan fingerprint density at radius 2 is 1.71 bits per heavy atom. The van der Waals surface area contributed by atoms with Gasteiger partial charge in [0.15, 0.2) is 12.4 Å². The number of benzene rings is 4. The van der Waals surface area contributed by atoms with Crippen molar-refractivity contribution >= 4 is 45.4 Å². The molecule has 0 unspecified atom stereocenters. The monoisotopic (exact) mass is 546 g/mol. The van der Waals surface area contributed by atoms with E-state index in [1.54, 1.807) is 31.2 Å². The van der Waals surface area contributed by atoms with Gasteiger partial charge in [0.25, 0.3) is 5.91 Å². The molecule has 1 amide bonds. The fourth-order valence-electron chi connectivity index (χ4n) is 5.73. The van der Waals surface area contributed by atoms with Crippen molar-refractivity contribution in [3.05, 3.63) is 107 Å². The summed E-state index contributed by atoms with van der Waals surface area (Å²) in [6.45, 7) is 1.83. The standard InChI is InChI=1S/C34H30N2O5/c1-2-40-34(39)22-14-17-23(18-15-22)35-30(38)20-41-29-13-6-5-10-25(29)33-32-26(11-7-12-28(32)37)31-24-9-4-3-8-21(24)16-19-27(31)36-33/h3-6,8-10,13-19,33,36H,2,7,11-12,20H2,1H3,(H,35,38)/t33-/m1/s1. The number of Topliss-reactive ketones (excluding diaryl/α,β-unsaturated/α-hetero) is 1. The predicted octanol–water partition coefficient (Wildman–Crippen LogP) is 6.71. The number of amides is 1. The molecule has 4 aromatic carbocycles. The van der Waals surface area contributed by atoms with Crippen molar-refractivity contribution in [1.29, 1.82) is 0 Å². The zero-order chi connectivity index (χ0) is 28.3. The minimum Gasteiger partial charge on any atom is -0.483 e. The third-order valence-corrected chi connectivity index (χ3v) is 7.54. The van der Waals surface area contributed by atoms with Crippen LogP contribution in [0, 0.1) is 0 Å².